The van der Waals surface area contributed by atoms with Crippen LogP contribution in [0.15, 0.2) is 78.4 Å². The van der Waals surface area contributed by atoms with Gasteiger partial charge in [0.2, 0.25) is 0 Å². The zero-order valence-corrected chi connectivity index (χ0v) is 15.0. The van der Waals surface area contributed by atoms with Crippen molar-refractivity contribution < 1.29 is 10.2 Å². The highest BCUT2D eigenvalue weighted by molar-refractivity contribution is 5.84. The molecule has 0 heterocycles. The second-order valence-corrected chi connectivity index (χ2v) is 6.02. The summed E-state index contributed by atoms with van der Waals surface area (Å²) in [6, 6.07) is 14.5. The molecule has 0 saturated heterocycles. The zero-order chi connectivity index (χ0) is 18.2. The van der Waals surface area contributed by atoms with E-state index < -0.39 is 0 Å². The highest BCUT2D eigenvalue weighted by Gasteiger charge is 2.11. The van der Waals surface area contributed by atoms with E-state index in [1.54, 1.807) is 24.3 Å². The van der Waals surface area contributed by atoms with Crippen molar-refractivity contribution in [3.63, 3.8) is 0 Å². The lowest BCUT2D eigenvalue weighted by atomic mass is 9.89. The molecule has 2 aromatic rings. The van der Waals surface area contributed by atoms with Crippen molar-refractivity contribution in [1.82, 2.24) is 0 Å². The van der Waals surface area contributed by atoms with E-state index in [9.17, 15) is 10.2 Å². The predicted molar refractivity (Wildman–Crippen MR) is 106 cm³/mol. The molecule has 0 aliphatic carbocycles. The summed E-state index contributed by atoms with van der Waals surface area (Å²) in [7, 11) is 0. The fourth-order valence-corrected chi connectivity index (χ4v) is 2.86. The minimum absolute atomic E-state index is 0.252. The molecule has 0 unspecified atom stereocenters. The van der Waals surface area contributed by atoms with Gasteiger partial charge in [-0.1, -0.05) is 63.3 Å². The molecule has 2 heteroatoms. The quantitative estimate of drug-likeness (QED) is 0.590. The van der Waals surface area contributed by atoms with E-state index in [1.165, 1.54) is 11.1 Å². The Hall–Kier alpha value is -2.74. The van der Waals surface area contributed by atoms with Crippen LogP contribution in [0.5, 0.6) is 11.5 Å². The molecule has 2 N–H and O–H groups in total. The second kappa shape index (κ2) is 8.93. The third-order valence-electron chi connectivity index (χ3n) is 4.18. The Morgan fingerprint density at radius 2 is 1.36 bits per heavy atom. The first-order valence-electron chi connectivity index (χ1n) is 8.74. The van der Waals surface area contributed by atoms with Crippen LogP contribution in [0.3, 0.4) is 0 Å². The van der Waals surface area contributed by atoms with Crippen LogP contribution >= 0.6 is 0 Å². The Balaban J connectivity index is 2.72. The minimum Gasteiger partial charge on any atom is -0.508 e. The molecule has 0 aromatic heterocycles. The van der Waals surface area contributed by atoms with Crippen molar-refractivity contribution in [1.29, 1.82) is 0 Å². The van der Waals surface area contributed by atoms with Gasteiger partial charge in [0, 0.05) is 0 Å². The molecule has 0 atom stereocenters. The third-order valence-corrected chi connectivity index (χ3v) is 4.18. The van der Waals surface area contributed by atoms with Gasteiger partial charge in [0.05, 0.1) is 0 Å². The van der Waals surface area contributed by atoms with E-state index in [0.29, 0.717) is 0 Å². The van der Waals surface area contributed by atoms with Crippen molar-refractivity contribution in [3.8, 4) is 11.5 Å². The van der Waals surface area contributed by atoms with E-state index in [1.807, 2.05) is 30.3 Å². The van der Waals surface area contributed by atoms with Gasteiger partial charge in [0.1, 0.15) is 11.5 Å². The lowest BCUT2D eigenvalue weighted by molar-refractivity contribution is 0.475. The summed E-state index contributed by atoms with van der Waals surface area (Å²) in [6.45, 7) is 8.20. The van der Waals surface area contributed by atoms with Crippen molar-refractivity contribution >= 4 is 5.57 Å². The van der Waals surface area contributed by atoms with Crippen molar-refractivity contribution in [2.45, 2.75) is 33.1 Å². The molecule has 0 bridgehead atoms. The van der Waals surface area contributed by atoms with Gasteiger partial charge < -0.3 is 10.2 Å². The van der Waals surface area contributed by atoms with E-state index in [0.717, 1.165) is 36.0 Å². The summed E-state index contributed by atoms with van der Waals surface area (Å²) >= 11 is 0. The highest BCUT2D eigenvalue weighted by Crippen LogP contribution is 2.32. The molecular formula is C23H26O2. The van der Waals surface area contributed by atoms with Crippen LogP contribution in [-0.2, 0) is 0 Å². The van der Waals surface area contributed by atoms with Crippen LogP contribution in [0.25, 0.3) is 5.57 Å². The summed E-state index contributed by atoms with van der Waals surface area (Å²) in [5.41, 5.74) is 5.63. The number of aromatic hydroxyl groups is 2. The number of benzene rings is 2. The largest absolute Gasteiger partial charge is 0.508 e. The maximum Gasteiger partial charge on any atom is 0.115 e. The molecule has 0 radical (unpaired) electrons. The van der Waals surface area contributed by atoms with Crippen LogP contribution in [-0.4, -0.2) is 10.2 Å². The maximum atomic E-state index is 9.63. The van der Waals surface area contributed by atoms with Gasteiger partial charge in [-0.3, -0.25) is 0 Å². The zero-order valence-electron chi connectivity index (χ0n) is 15.0. The number of hydrogen-bond acceptors (Lipinski definition) is 2. The first-order valence-corrected chi connectivity index (χ1v) is 8.74. The van der Waals surface area contributed by atoms with Gasteiger partial charge >= 0.3 is 0 Å². The van der Waals surface area contributed by atoms with Crippen LogP contribution in [0, 0.1) is 0 Å². The van der Waals surface area contributed by atoms with Gasteiger partial charge in [-0.05, 0) is 65.0 Å². The van der Waals surface area contributed by atoms with Crippen molar-refractivity contribution in [3.05, 3.63) is 89.5 Å². The van der Waals surface area contributed by atoms with Gasteiger partial charge in [-0.25, -0.2) is 0 Å². The lowest BCUT2D eigenvalue weighted by Crippen LogP contribution is -1.95. The smallest absolute Gasteiger partial charge is 0.115 e. The predicted octanol–water partition coefficient (Wildman–Crippen LogP) is 6.22. The Kier molecular flexibility index (Phi) is 6.64. The van der Waals surface area contributed by atoms with Gasteiger partial charge in [0.15, 0.2) is 0 Å². The van der Waals surface area contributed by atoms with Crippen LogP contribution in [0.4, 0.5) is 0 Å². The molecule has 0 saturated carbocycles. The first kappa shape index (κ1) is 18.6. The molecule has 2 aromatic carbocycles. The van der Waals surface area contributed by atoms with Crippen LogP contribution in [0.1, 0.15) is 44.2 Å². The molecule has 0 amide bonds. The van der Waals surface area contributed by atoms with Gasteiger partial charge in [0.25, 0.3) is 0 Å². The SMILES string of the molecule is C=C/C(=C\C(CCC)=C(c1ccc(O)cc1)c1ccc(O)cc1)CC. The van der Waals surface area contributed by atoms with E-state index >= 15 is 0 Å². The fraction of sp³-hybridized carbons (Fsp3) is 0.217. The molecule has 2 rings (SSSR count). The number of hydrogen-bond donors (Lipinski definition) is 2. The topological polar surface area (TPSA) is 40.5 Å². The van der Waals surface area contributed by atoms with E-state index in [2.05, 4.69) is 26.5 Å². The Labute approximate surface area is 150 Å². The van der Waals surface area contributed by atoms with E-state index in [4.69, 9.17) is 0 Å². The molecule has 0 aliphatic rings. The molecule has 130 valence electrons. The number of phenols is 2. The van der Waals surface area contributed by atoms with Gasteiger partial charge in [-0.15, -0.1) is 0 Å². The number of phenolic OH excluding ortho intramolecular Hbond substituents is 2. The molecular weight excluding hydrogens is 308 g/mol. The monoisotopic (exact) mass is 334 g/mol. The average Bonchev–Trinajstić information content (AvgIpc) is 2.63. The Morgan fingerprint density at radius 1 is 0.880 bits per heavy atom. The fourth-order valence-electron chi connectivity index (χ4n) is 2.86. The second-order valence-electron chi connectivity index (χ2n) is 6.02. The normalized spacial score (nSPS) is 11.2. The van der Waals surface area contributed by atoms with Crippen molar-refractivity contribution in [2.75, 3.05) is 0 Å². The molecule has 0 spiro atoms. The van der Waals surface area contributed by atoms with Gasteiger partial charge in [-0.2, -0.15) is 0 Å². The first-order chi connectivity index (χ1) is 12.1. The third kappa shape index (κ3) is 4.87. The average molecular weight is 334 g/mol. The summed E-state index contributed by atoms with van der Waals surface area (Å²) < 4.78 is 0. The number of rotatable bonds is 7. The summed E-state index contributed by atoms with van der Waals surface area (Å²) in [6.07, 6.45) is 7.01. The summed E-state index contributed by atoms with van der Waals surface area (Å²) in [5.74, 6) is 0.503. The van der Waals surface area contributed by atoms with Crippen LogP contribution < -0.4 is 0 Å². The molecule has 2 nitrogen and oxygen atoms in total. The standard InChI is InChI=1S/C23H26O2/c1-4-7-20(16-17(5-2)6-3)23(18-8-12-21(24)13-9-18)19-10-14-22(25)15-11-19/h5,8-16,24-25H,2,4,6-7H2,1,3H3/b17-16+. The minimum atomic E-state index is 0.252. The number of allylic oxidation sites excluding steroid dienone is 4. The molecule has 0 fully saturated rings. The summed E-state index contributed by atoms with van der Waals surface area (Å²) in [5, 5.41) is 19.3. The van der Waals surface area contributed by atoms with E-state index in [-0.39, 0.29) is 11.5 Å². The Bertz CT molecular complexity index is 715. The highest BCUT2D eigenvalue weighted by atomic mass is 16.3. The van der Waals surface area contributed by atoms with Crippen LogP contribution in [0.2, 0.25) is 0 Å². The molecule has 0 aliphatic heterocycles. The Morgan fingerprint density at radius 3 is 1.72 bits per heavy atom. The van der Waals surface area contributed by atoms with Crippen molar-refractivity contribution in [2.24, 2.45) is 0 Å². The summed E-state index contributed by atoms with van der Waals surface area (Å²) in [4.78, 5) is 0. The maximum absolute atomic E-state index is 9.63. The lowest BCUT2D eigenvalue weighted by Gasteiger charge is -2.15. The molecule has 25 heavy (non-hydrogen) atoms.